The van der Waals surface area contributed by atoms with Gasteiger partial charge in [-0.05, 0) is 49.1 Å². The first kappa shape index (κ1) is 20.8. The van der Waals surface area contributed by atoms with Crippen molar-refractivity contribution in [3.8, 4) is 0 Å². The quantitative estimate of drug-likeness (QED) is 0.800. The molecule has 6 heteroatoms. The molecule has 1 N–H and O–H groups in total. The topological polar surface area (TPSA) is 52.7 Å². The number of piperidine rings is 1. The Morgan fingerprint density at radius 1 is 1.10 bits per heavy atom. The highest BCUT2D eigenvalue weighted by atomic mass is 19.1. The fourth-order valence-corrected chi connectivity index (χ4v) is 3.51. The zero-order valence-electron chi connectivity index (χ0n) is 17.0. The van der Waals surface area contributed by atoms with Crippen molar-refractivity contribution in [3.05, 3.63) is 59.9 Å². The molecule has 1 saturated heterocycles. The van der Waals surface area contributed by atoms with Gasteiger partial charge in [0, 0.05) is 43.5 Å². The van der Waals surface area contributed by atoms with Crippen molar-refractivity contribution in [2.75, 3.05) is 29.9 Å². The van der Waals surface area contributed by atoms with Crippen molar-refractivity contribution in [3.63, 3.8) is 0 Å². The van der Waals surface area contributed by atoms with Crippen molar-refractivity contribution >= 4 is 23.2 Å². The molecule has 0 atom stereocenters. The van der Waals surface area contributed by atoms with Crippen molar-refractivity contribution in [1.82, 2.24) is 4.90 Å². The Morgan fingerprint density at radius 3 is 2.38 bits per heavy atom. The second-order valence-electron chi connectivity index (χ2n) is 7.73. The van der Waals surface area contributed by atoms with E-state index in [1.54, 1.807) is 18.2 Å². The number of benzene rings is 2. The minimum Gasteiger partial charge on any atom is -0.372 e. The van der Waals surface area contributed by atoms with Crippen molar-refractivity contribution < 1.29 is 14.0 Å². The first-order chi connectivity index (χ1) is 13.9. The summed E-state index contributed by atoms with van der Waals surface area (Å²) in [5, 5.41) is 2.82. The number of amides is 2. The Kier molecular flexibility index (Phi) is 6.86. The van der Waals surface area contributed by atoms with Gasteiger partial charge in [-0.1, -0.05) is 25.1 Å². The van der Waals surface area contributed by atoms with E-state index in [9.17, 15) is 14.0 Å². The molecular formula is C23H28FN3O2. The fraction of sp³-hybridized carbons (Fsp3) is 0.391. The summed E-state index contributed by atoms with van der Waals surface area (Å²) in [7, 11) is 0. The van der Waals surface area contributed by atoms with Crippen LogP contribution in [0.25, 0.3) is 0 Å². The van der Waals surface area contributed by atoms with Gasteiger partial charge >= 0.3 is 0 Å². The standard InChI is InChI=1S/C23H28FN3O2/c1-17-11-13-26(14-12-17)21-9-7-20(8-10-21)25-23(29)16-27(18(2)28)15-19-5-3-4-6-22(19)24/h3-10,17H,11-16H2,1-2H3,(H,25,29). The van der Waals surface area contributed by atoms with Crippen LogP contribution in [-0.4, -0.2) is 36.3 Å². The lowest BCUT2D eigenvalue weighted by Gasteiger charge is -2.32. The third-order valence-corrected chi connectivity index (χ3v) is 5.40. The van der Waals surface area contributed by atoms with E-state index in [0.717, 1.165) is 24.7 Å². The molecule has 0 aliphatic carbocycles. The van der Waals surface area contributed by atoms with E-state index < -0.39 is 0 Å². The maximum absolute atomic E-state index is 13.9. The lowest BCUT2D eigenvalue weighted by atomic mass is 9.99. The average molecular weight is 397 g/mol. The first-order valence-electron chi connectivity index (χ1n) is 10.1. The van der Waals surface area contributed by atoms with Crippen LogP contribution in [0.5, 0.6) is 0 Å². The van der Waals surface area contributed by atoms with Crippen LogP contribution in [-0.2, 0) is 16.1 Å². The number of anilines is 2. The molecule has 0 aromatic heterocycles. The second kappa shape index (κ2) is 9.54. The SMILES string of the molecule is CC(=O)N(CC(=O)Nc1ccc(N2CCC(C)CC2)cc1)Cc1ccccc1F. The second-order valence-corrected chi connectivity index (χ2v) is 7.73. The molecule has 3 rings (SSSR count). The number of nitrogens with one attached hydrogen (secondary N) is 1. The monoisotopic (exact) mass is 397 g/mol. The summed E-state index contributed by atoms with van der Waals surface area (Å²) >= 11 is 0. The fourth-order valence-electron chi connectivity index (χ4n) is 3.51. The number of rotatable bonds is 6. The Hall–Kier alpha value is -2.89. The number of carbonyl (C=O) groups is 2. The van der Waals surface area contributed by atoms with Crippen LogP contribution in [0.4, 0.5) is 15.8 Å². The minimum absolute atomic E-state index is 0.0573. The summed E-state index contributed by atoms with van der Waals surface area (Å²) in [6.45, 7) is 5.69. The minimum atomic E-state index is -0.387. The number of hydrogen-bond acceptors (Lipinski definition) is 3. The van der Waals surface area contributed by atoms with Gasteiger partial charge in [-0.2, -0.15) is 0 Å². The molecule has 5 nitrogen and oxygen atoms in total. The van der Waals surface area contributed by atoms with Gasteiger partial charge in [-0.25, -0.2) is 4.39 Å². The number of hydrogen-bond donors (Lipinski definition) is 1. The molecule has 0 radical (unpaired) electrons. The summed E-state index contributed by atoms with van der Waals surface area (Å²) in [6.07, 6.45) is 2.39. The Balaban J connectivity index is 1.57. The lowest BCUT2D eigenvalue weighted by molar-refractivity contribution is -0.133. The molecule has 1 heterocycles. The highest BCUT2D eigenvalue weighted by Gasteiger charge is 2.17. The van der Waals surface area contributed by atoms with E-state index in [1.807, 2.05) is 24.3 Å². The Labute approximate surface area is 171 Å². The van der Waals surface area contributed by atoms with Crippen LogP contribution in [0.1, 0.15) is 32.3 Å². The van der Waals surface area contributed by atoms with Crippen LogP contribution in [0.2, 0.25) is 0 Å². The number of halogens is 1. The van der Waals surface area contributed by atoms with Gasteiger partial charge in [0.15, 0.2) is 0 Å². The smallest absolute Gasteiger partial charge is 0.244 e. The normalized spacial score (nSPS) is 14.5. The van der Waals surface area contributed by atoms with E-state index >= 15 is 0 Å². The molecule has 0 spiro atoms. The van der Waals surface area contributed by atoms with Crippen molar-refractivity contribution in [2.45, 2.75) is 33.2 Å². The van der Waals surface area contributed by atoms with Gasteiger partial charge in [-0.15, -0.1) is 0 Å². The molecule has 0 bridgehead atoms. The van der Waals surface area contributed by atoms with Gasteiger partial charge < -0.3 is 15.1 Å². The number of carbonyl (C=O) groups excluding carboxylic acids is 2. The first-order valence-corrected chi connectivity index (χ1v) is 10.1. The molecule has 1 aliphatic rings. The zero-order chi connectivity index (χ0) is 20.8. The molecule has 0 saturated carbocycles. The molecule has 2 aromatic carbocycles. The molecule has 2 aromatic rings. The van der Waals surface area contributed by atoms with Crippen LogP contribution in [0, 0.1) is 11.7 Å². The third-order valence-electron chi connectivity index (χ3n) is 5.40. The summed E-state index contributed by atoms with van der Waals surface area (Å²) < 4.78 is 13.9. The van der Waals surface area contributed by atoms with Gasteiger partial charge in [0.1, 0.15) is 12.4 Å². The van der Waals surface area contributed by atoms with Crippen LogP contribution >= 0.6 is 0 Å². The van der Waals surface area contributed by atoms with Crippen molar-refractivity contribution in [1.29, 1.82) is 0 Å². The highest BCUT2D eigenvalue weighted by Crippen LogP contribution is 2.24. The third kappa shape index (κ3) is 5.79. The van der Waals surface area contributed by atoms with Crippen LogP contribution in [0.15, 0.2) is 48.5 Å². The predicted molar refractivity (Wildman–Crippen MR) is 113 cm³/mol. The summed E-state index contributed by atoms with van der Waals surface area (Å²) in [6, 6.07) is 14.0. The summed E-state index contributed by atoms with van der Waals surface area (Å²) in [5.41, 5.74) is 2.22. The van der Waals surface area contributed by atoms with Crippen molar-refractivity contribution in [2.24, 2.45) is 5.92 Å². The van der Waals surface area contributed by atoms with Gasteiger partial charge in [0.05, 0.1) is 0 Å². The zero-order valence-corrected chi connectivity index (χ0v) is 17.0. The molecule has 29 heavy (non-hydrogen) atoms. The number of nitrogens with zero attached hydrogens (tertiary/aromatic N) is 2. The largest absolute Gasteiger partial charge is 0.372 e. The Morgan fingerprint density at radius 2 is 1.76 bits per heavy atom. The maximum atomic E-state index is 13.9. The van der Waals surface area contributed by atoms with E-state index in [0.29, 0.717) is 11.3 Å². The van der Waals surface area contributed by atoms with Gasteiger partial charge in [0.2, 0.25) is 11.8 Å². The summed E-state index contributed by atoms with van der Waals surface area (Å²) in [5.74, 6) is -0.200. The molecule has 1 fully saturated rings. The van der Waals surface area contributed by atoms with Gasteiger partial charge in [-0.3, -0.25) is 9.59 Å². The van der Waals surface area contributed by atoms with Crippen LogP contribution in [0.3, 0.4) is 0 Å². The molecule has 1 aliphatic heterocycles. The average Bonchev–Trinajstić information content (AvgIpc) is 2.70. The highest BCUT2D eigenvalue weighted by molar-refractivity contribution is 5.94. The summed E-state index contributed by atoms with van der Waals surface area (Å²) in [4.78, 5) is 28.0. The van der Waals surface area contributed by atoms with E-state index in [4.69, 9.17) is 0 Å². The van der Waals surface area contributed by atoms with E-state index in [1.165, 1.54) is 30.7 Å². The molecular weight excluding hydrogens is 369 g/mol. The lowest BCUT2D eigenvalue weighted by Crippen LogP contribution is -2.36. The predicted octanol–water partition coefficient (Wildman–Crippen LogP) is 4.05. The molecule has 2 amide bonds. The molecule has 154 valence electrons. The van der Waals surface area contributed by atoms with E-state index in [2.05, 4.69) is 17.1 Å². The molecule has 0 unspecified atom stereocenters. The van der Waals surface area contributed by atoms with E-state index in [-0.39, 0.29) is 30.7 Å². The van der Waals surface area contributed by atoms with Crippen LogP contribution < -0.4 is 10.2 Å². The van der Waals surface area contributed by atoms with Gasteiger partial charge in [0.25, 0.3) is 0 Å². The maximum Gasteiger partial charge on any atom is 0.244 e. The Bertz CT molecular complexity index is 845.